The van der Waals surface area contributed by atoms with Gasteiger partial charge in [-0.05, 0) is 43.4 Å². The minimum Gasteiger partial charge on any atom is -0.398 e. The SMILES string of the molecule is Cc1cccc(N)c1C(=O)Nc1sc2c(c1C#N)CCC2. The summed E-state index contributed by atoms with van der Waals surface area (Å²) in [5.41, 5.74) is 9.39. The average Bonchev–Trinajstić information content (AvgIpc) is 2.98. The van der Waals surface area contributed by atoms with E-state index in [1.165, 1.54) is 16.2 Å². The van der Waals surface area contributed by atoms with Crippen molar-refractivity contribution in [1.82, 2.24) is 0 Å². The molecule has 4 nitrogen and oxygen atoms in total. The van der Waals surface area contributed by atoms with Crippen LogP contribution in [0.15, 0.2) is 18.2 Å². The Morgan fingerprint density at radius 1 is 1.43 bits per heavy atom. The van der Waals surface area contributed by atoms with E-state index in [0.29, 0.717) is 21.8 Å². The number of thiophene rings is 1. The lowest BCUT2D eigenvalue weighted by Crippen LogP contribution is -2.15. The molecule has 1 aliphatic rings. The molecule has 1 heterocycles. The molecule has 0 fully saturated rings. The highest BCUT2D eigenvalue weighted by molar-refractivity contribution is 7.16. The first-order chi connectivity index (χ1) is 10.1. The monoisotopic (exact) mass is 297 g/mol. The van der Waals surface area contributed by atoms with Gasteiger partial charge in [-0.2, -0.15) is 5.26 Å². The summed E-state index contributed by atoms with van der Waals surface area (Å²) >= 11 is 1.51. The Balaban J connectivity index is 1.95. The van der Waals surface area contributed by atoms with Crippen LogP contribution in [0.1, 0.15) is 38.3 Å². The molecular formula is C16H15N3OS. The molecule has 0 saturated carbocycles. The first-order valence-corrected chi connectivity index (χ1v) is 7.64. The molecule has 1 aromatic heterocycles. The molecule has 0 unspecified atom stereocenters. The molecule has 0 saturated heterocycles. The summed E-state index contributed by atoms with van der Waals surface area (Å²) in [5.74, 6) is -0.248. The van der Waals surface area contributed by atoms with Gasteiger partial charge in [0, 0.05) is 10.6 Å². The Hall–Kier alpha value is -2.32. The van der Waals surface area contributed by atoms with Crippen LogP contribution < -0.4 is 11.1 Å². The van der Waals surface area contributed by atoms with Crippen molar-refractivity contribution in [3.8, 4) is 6.07 Å². The van der Waals surface area contributed by atoms with Crippen LogP contribution in [0, 0.1) is 18.3 Å². The Morgan fingerprint density at radius 2 is 2.24 bits per heavy atom. The number of anilines is 2. The topological polar surface area (TPSA) is 78.9 Å². The van der Waals surface area contributed by atoms with Crippen molar-refractivity contribution in [2.24, 2.45) is 0 Å². The predicted molar refractivity (Wildman–Crippen MR) is 84.6 cm³/mol. The third-order valence-corrected chi connectivity index (χ3v) is 5.00. The fourth-order valence-electron chi connectivity index (χ4n) is 2.78. The highest BCUT2D eigenvalue weighted by atomic mass is 32.1. The largest absolute Gasteiger partial charge is 0.398 e. The van der Waals surface area contributed by atoms with E-state index in [2.05, 4.69) is 11.4 Å². The zero-order valence-corrected chi connectivity index (χ0v) is 12.5. The molecule has 0 spiro atoms. The fourth-order valence-corrected chi connectivity index (χ4v) is 4.01. The van der Waals surface area contributed by atoms with Crippen molar-refractivity contribution >= 4 is 27.9 Å². The second-order valence-corrected chi connectivity index (χ2v) is 6.27. The molecule has 1 aromatic carbocycles. The van der Waals surface area contributed by atoms with Crippen LogP contribution in [0.25, 0.3) is 0 Å². The summed E-state index contributed by atoms with van der Waals surface area (Å²) in [6.45, 7) is 1.85. The summed E-state index contributed by atoms with van der Waals surface area (Å²) < 4.78 is 0. The Morgan fingerprint density at radius 3 is 2.95 bits per heavy atom. The number of nitriles is 1. The Labute approximate surface area is 127 Å². The first-order valence-electron chi connectivity index (χ1n) is 6.83. The number of nitrogens with zero attached hydrogens (tertiary/aromatic N) is 1. The molecule has 3 N–H and O–H groups in total. The Kier molecular flexibility index (Phi) is 3.40. The number of rotatable bonds is 2. The number of hydrogen-bond acceptors (Lipinski definition) is 4. The van der Waals surface area contributed by atoms with Gasteiger partial charge in [0.25, 0.3) is 5.91 Å². The smallest absolute Gasteiger partial charge is 0.258 e. The zero-order valence-electron chi connectivity index (χ0n) is 11.7. The van der Waals surface area contributed by atoms with E-state index in [1.807, 2.05) is 19.1 Å². The normalized spacial score (nSPS) is 12.8. The van der Waals surface area contributed by atoms with Crippen molar-refractivity contribution < 1.29 is 4.79 Å². The van der Waals surface area contributed by atoms with Crippen molar-refractivity contribution in [2.75, 3.05) is 11.1 Å². The van der Waals surface area contributed by atoms with Crippen LogP contribution in [-0.4, -0.2) is 5.91 Å². The minimum absolute atomic E-state index is 0.248. The predicted octanol–water partition coefficient (Wildman–Crippen LogP) is 3.25. The zero-order chi connectivity index (χ0) is 15.0. The quantitative estimate of drug-likeness (QED) is 0.835. The number of nitrogen functional groups attached to an aromatic ring is 1. The van der Waals surface area contributed by atoms with E-state index < -0.39 is 0 Å². The highest BCUT2D eigenvalue weighted by Gasteiger charge is 2.24. The number of amides is 1. The minimum atomic E-state index is -0.248. The number of nitrogens with one attached hydrogen (secondary N) is 1. The molecule has 2 aromatic rings. The summed E-state index contributed by atoms with van der Waals surface area (Å²) in [4.78, 5) is 13.7. The maximum absolute atomic E-state index is 12.5. The van der Waals surface area contributed by atoms with E-state index in [4.69, 9.17) is 5.73 Å². The summed E-state index contributed by atoms with van der Waals surface area (Å²) in [7, 11) is 0. The van der Waals surface area contributed by atoms with Gasteiger partial charge in [0.15, 0.2) is 0 Å². The van der Waals surface area contributed by atoms with E-state index >= 15 is 0 Å². The number of carbonyl (C=O) groups is 1. The van der Waals surface area contributed by atoms with Crippen LogP contribution >= 0.6 is 11.3 Å². The second kappa shape index (κ2) is 5.23. The van der Waals surface area contributed by atoms with Crippen molar-refractivity contribution in [3.63, 3.8) is 0 Å². The number of fused-ring (bicyclic) bond motifs is 1. The number of benzene rings is 1. The molecular weight excluding hydrogens is 282 g/mol. The van der Waals surface area contributed by atoms with Gasteiger partial charge in [-0.25, -0.2) is 0 Å². The lowest BCUT2D eigenvalue weighted by Gasteiger charge is -2.09. The van der Waals surface area contributed by atoms with Gasteiger partial charge < -0.3 is 11.1 Å². The first kappa shape index (κ1) is 13.7. The van der Waals surface area contributed by atoms with E-state index in [-0.39, 0.29) is 5.91 Å². The summed E-state index contributed by atoms with van der Waals surface area (Å²) in [6.07, 6.45) is 3.02. The lowest BCUT2D eigenvalue weighted by molar-refractivity contribution is 0.102. The molecule has 3 rings (SSSR count). The van der Waals surface area contributed by atoms with Crippen LogP contribution in [0.4, 0.5) is 10.7 Å². The number of nitrogens with two attached hydrogens (primary N) is 1. The van der Waals surface area contributed by atoms with Crippen molar-refractivity contribution in [3.05, 3.63) is 45.3 Å². The molecule has 0 atom stereocenters. The molecule has 106 valence electrons. The summed E-state index contributed by atoms with van der Waals surface area (Å²) in [6, 6.07) is 7.61. The Bertz CT molecular complexity index is 750. The molecule has 0 radical (unpaired) electrons. The van der Waals surface area contributed by atoms with E-state index in [0.717, 1.165) is 30.4 Å². The molecule has 0 bridgehead atoms. The van der Waals surface area contributed by atoms with E-state index in [1.54, 1.807) is 6.07 Å². The maximum Gasteiger partial charge on any atom is 0.258 e. The molecule has 1 amide bonds. The lowest BCUT2D eigenvalue weighted by atomic mass is 10.1. The van der Waals surface area contributed by atoms with Gasteiger partial charge in [-0.3, -0.25) is 4.79 Å². The van der Waals surface area contributed by atoms with Gasteiger partial charge in [-0.1, -0.05) is 12.1 Å². The third-order valence-electron chi connectivity index (χ3n) is 3.79. The van der Waals surface area contributed by atoms with Crippen LogP contribution in [-0.2, 0) is 12.8 Å². The van der Waals surface area contributed by atoms with Gasteiger partial charge in [0.05, 0.1) is 11.1 Å². The number of carbonyl (C=O) groups excluding carboxylic acids is 1. The second-order valence-electron chi connectivity index (χ2n) is 5.17. The van der Waals surface area contributed by atoms with Gasteiger partial charge in [-0.15, -0.1) is 11.3 Å². The highest BCUT2D eigenvalue weighted by Crippen LogP contribution is 2.38. The van der Waals surface area contributed by atoms with Crippen LogP contribution in [0.5, 0.6) is 0 Å². The molecule has 1 aliphatic carbocycles. The van der Waals surface area contributed by atoms with Crippen LogP contribution in [0.3, 0.4) is 0 Å². The van der Waals surface area contributed by atoms with Gasteiger partial charge in [0.1, 0.15) is 11.1 Å². The number of aryl methyl sites for hydroxylation is 2. The van der Waals surface area contributed by atoms with Crippen molar-refractivity contribution in [2.45, 2.75) is 26.2 Å². The average molecular weight is 297 g/mol. The van der Waals surface area contributed by atoms with Gasteiger partial charge >= 0.3 is 0 Å². The van der Waals surface area contributed by atoms with Crippen molar-refractivity contribution in [1.29, 1.82) is 5.26 Å². The maximum atomic E-state index is 12.5. The third kappa shape index (κ3) is 2.28. The molecule has 21 heavy (non-hydrogen) atoms. The molecule has 0 aliphatic heterocycles. The van der Waals surface area contributed by atoms with Crippen LogP contribution in [0.2, 0.25) is 0 Å². The summed E-state index contributed by atoms with van der Waals surface area (Å²) in [5, 5.41) is 12.9. The molecule has 5 heteroatoms. The van der Waals surface area contributed by atoms with Gasteiger partial charge in [0.2, 0.25) is 0 Å². The standard InChI is InChI=1S/C16H15N3OS/c1-9-4-2-6-12(18)14(9)15(20)19-16-11(8-17)10-5-3-7-13(10)21-16/h2,4,6H,3,5,7,18H2,1H3,(H,19,20). The fraction of sp³-hybridized carbons (Fsp3) is 0.250. The van der Waals surface area contributed by atoms with E-state index in [9.17, 15) is 10.1 Å². The number of hydrogen-bond donors (Lipinski definition) is 2.